The first-order valence-electron chi connectivity index (χ1n) is 5.63. The van der Waals surface area contributed by atoms with E-state index in [-0.39, 0.29) is 6.10 Å². The molecule has 3 nitrogen and oxygen atoms in total. The van der Waals surface area contributed by atoms with Crippen LogP contribution in [0.25, 0.3) is 0 Å². The van der Waals surface area contributed by atoms with Crippen LogP contribution in [0.1, 0.15) is 31.2 Å². The third-order valence-corrected chi connectivity index (χ3v) is 3.32. The van der Waals surface area contributed by atoms with Crippen LogP contribution in [-0.2, 0) is 11.3 Å². The lowest BCUT2D eigenvalue weighted by atomic mass is 9.95. The molecule has 1 aliphatic rings. The Morgan fingerprint density at radius 3 is 2.75 bits per heavy atom. The first-order chi connectivity index (χ1) is 7.74. The van der Waals surface area contributed by atoms with Crippen LogP contribution in [-0.4, -0.2) is 22.3 Å². The van der Waals surface area contributed by atoms with Gasteiger partial charge in [-0.05, 0) is 53.2 Å². The molecule has 0 saturated heterocycles. The molecule has 0 radical (unpaired) electrons. The Kier molecular flexibility index (Phi) is 4.32. The summed E-state index contributed by atoms with van der Waals surface area (Å²) in [5, 5.41) is 9.38. The van der Waals surface area contributed by atoms with Gasteiger partial charge in [0, 0.05) is 16.9 Å². The number of aromatic nitrogens is 1. The first kappa shape index (κ1) is 12.0. The zero-order valence-electron chi connectivity index (χ0n) is 9.10. The Morgan fingerprint density at radius 1 is 1.31 bits per heavy atom. The summed E-state index contributed by atoms with van der Waals surface area (Å²) >= 11 is 3.38. The van der Waals surface area contributed by atoms with Crippen LogP contribution >= 0.6 is 15.9 Å². The van der Waals surface area contributed by atoms with Gasteiger partial charge in [-0.3, -0.25) is 4.98 Å². The van der Waals surface area contributed by atoms with E-state index >= 15 is 0 Å². The number of aliphatic hydroxyl groups excluding tert-OH is 1. The predicted molar refractivity (Wildman–Crippen MR) is 65.0 cm³/mol. The summed E-state index contributed by atoms with van der Waals surface area (Å²) in [6.07, 6.45) is 7.41. The minimum Gasteiger partial charge on any atom is -0.393 e. The minimum absolute atomic E-state index is 0.118. The third kappa shape index (κ3) is 3.54. The van der Waals surface area contributed by atoms with Crippen molar-refractivity contribution < 1.29 is 9.84 Å². The number of ether oxygens (including phenoxy) is 1. The summed E-state index contributed by atoms with van der Waals surface area (Å²) in [7, 11) is 0. The van der Waals surface area contributed by atoms with E-state index in [0.717, 1.165) is 35.7 Å². The molecule has 1 fully saturated rings. The summed E-state index contributed by atoms with van der Waals surface area (Å²) in [5.41, 5.74) is 1.08. The summed E-state index contributed by atoms with van der Waals surface area (Å²) < 4.78 is 6.78. The van der Waals surface area contributed by atoms with E-state index in [2.05, 4.69) is 20.9 Å². The van der Waals surface area contributed by atoms with Gasteiger partial charge in [-0.1, -0.05) is 0 Å². The molecule has 0 atom stereocenters. The maximum atomic E-state index is 9.38. The van der Waals surface area contributed by atoms with Crippen LogP contribution < -0.4 is 0 Å². The molecule has 1 aromatic heterocycles. The molecule has 0 aliphatic heterocycles. The summed E-state index contributed by atoms with van der Waals surface area (Å²) in [4.78, 5) is 4.09. The fraction of sp³-hybridized carbons (Fsp3) is 0.583. The van der Waals surface area contributed by atoms with E-state index in [1.807, 2.05) is 12.3 Å². The number of rotatable bonds is 3. The highest BCUT2D eigenvalue weighted by Gasteiger charge is 2.19. The number of hydrogen-bond acceptors (Lipinski definition) is 3. The van der Waals surface area contributed by atoms with E-state index in [1.54, 1.807) is 6.20 Å². The molecule has 0 aromatic carbocycles. The van der Waals surface area contributed by atoms with Crippen LogP contribution in [0.15, 0.2) is 22.9 Å². The second kappa shape index (κ2) is 5.75. The molecule has 1 aliphatic carbocycles. The maximum Gasteiger partial charge on any atom is 0.0735 e. The lowest BCUT2D eigenvalue weighted by molar-refractivity contribution is -0.0119. The maximum absolute atomic E-state index is 9.38. The lowest BCUT2D eigenvalue weighted by Gasteiger charge is -2.25. The molecule has 88 valence electrons. The lowest BCUT2D eigenvalue weighted by Crippen LogP contribution is -2.24. The molecule has 1 N–H and O–H groups in total. The highest BCUT2D eigenvalue weighted by atomic mass is 79.9. The average molecular weight is 286 g/mol. The highest BCUT2D eigenvalue weighted by Crippen LogP contribution is 2.22. The van der Waals surface area contributed by atoms with Gasteiger partial charge in [0.1, 0.15) is 0 Å². The molecule has 0 unspecified atom stereocenters. The molecule has 0 bridgehead atoms. The zero-order valence-corrected chi connectivity index (χ0v) is 10.7. The van der Waals surface area contributed by atoms with Gasteiger partial charge in [0.25, 0.3) is 0 Å². The number of nitrogens with zero attached hydrogens (tertiary/aromatic N) is 1. The minimum atomic E-state index is -0.118. The number of halogens is 1. The monoisotopic (exact) mass is 285 g/mol. The molecular formula is C12H16BrNO2. The molecule has 4 heteroatoms. The molecule has 1 heterocycles. The second-order valence-electron chi connectivity index (χ2n) is 4.25. The van der Waals surface area contributed by atoms with Crippen LogP contribution in [0.3, 0.4) is 0 Å². The Bertz CT molecular complexity index is 338. The van der Waals surface area contributed by atoms with Crippen molar-refractivity contribution in [2.24, 2.45) is 0 Å². The van der Waals surface area contributed by atoms with E-state index in [4.69, 9.17) is 4.74 Å². The van der Waals surface area contributed by atoms with Crippen molar-refractivity contribution in [1.82, 2.24) is 4.98 Å². The quantitative estimate of drug-likeness (QED) is 0.929. The van der Waals surface area contributed by atoms with Crippen molar-refractivity contribution >= 4 is 15.9 Å². The molecule has 0 spiro atoms. The van der Waals surface area contributed by atoms with E-state index in [9.17, 15) is 5.11 Å². The zero-order chi connectivity index (χ0) is 11.4. The van der Waals surface area contributed by atoms with Crippen molar-refractivity contribution in [3.05, 3.63) is 28.5 Å². The van der Waals surface area contributed by atoms with Gasteiger partial charge in [0.15, 0.2) is 0 Å². The fourth-order valence-electron chi connectivity index (χ4n) is 1.96. The van der Waals surface area contributed by atoms with Crippen LogP contribution in [0.5, 0.6) is 0 Å². The second-order valence-corrected chi connectivity index (χ2v) is 5.17. The van der Waals surface area contributed by atoms with Crippen molar-refractivity contribution in [2.75, 3.05) is 0 Å². The predicted octanol–water partition coefficient (Wildman–Crippen LogP) is 2.66. The van der Waals surface area contributed by atoms with E-state index in [1.165, 1.54) is 0 Å². The van der Waals surface area contributed by atoms with Gasteiger partial charge in [-0.25, -0.2) is 0 Å². The first-order valence-corrected chi connectivity index (χ1v) is 6.42. The molecule has 0 amide bonds. The summed E-state index contributed by atoms with van der Waals surface area (Å²) in [5.74, 6) is 0. The summed E-state index contributed by atoms with van der Waals surface area (Å²) in [6, 6.07) is 2.02. The molecule has 2 rings (SSSR count). The van der Waals surface area contributed by atoms with Gasteiger partial charge in [-0.15, -0.1) is 0 Å². The van der Waals surface area contributed by atoms with Crippen molar-refractivity contribution in [3.63, 3.8) is 0 Å². The number of pyridine rings is 1. The van der Waals surface area contributed by atoms with Gasteiger partial charge < -0.3 is 9.84 Å². The van der Waals surface area contributed by atoms with Gasteiger partial charge in [0.05, 0.1) is 18.8 Å². The smallest absolute Gasteiger partial charge is 0.0735 e. The van der Waals surface area contributed by atoms with Crippen LogP contribution in [0.2, 0.25) is 0 Å². The Morgan fingerprint density at radius 2 is 2.06 bits per heavy atom. The Hall–Kier alpha value is -0.450. The Labute approximate surface area is 104 Å². The van der Waals surface area contributed by atoms with Crippen LogP contribution in [0.4, 0.5) is 0 Å². The standard InChI is InChI=1S/C12H16BrNO2/c13-10-5-9(6-14-7-10)8-16-12-3-1-11(15)2-4-12/h5-7,11-12,15H,1-4,8H2. The van der Waals surface area contributed by atoms with Crippen molar-refractivity contribution in [3.8, 4) is 0 Å². The molecule has 1 aromatic rings. The summed E-state index contributed by atoms with van der Waals surface area (Å²) in [6.45, 7) is 0.604. The van der Waals surface area contributed by atoms with Crippen molar-refractivity contribution in [1.29, 1.82) is 0 Å². The topological polar surface area (TPSA) is 42.4 Å². The third-order valence-electron chi connectivity index (χ3n) is 2.89. The number of hydrogen-bond donors (Lipinski definition) is 1. The SMILES string of the molecule is OC1CCC(OCc2cncc(Br)c2)CC1. The number of aliphatic hydroxyl groups is 1. The highest BCUT2D eigenvalue weighted by molar-refractivity contribution is 9.10. The van der Waals surface area contributed by atoms with Gasteiger partial charge in [-0.2, -0.15) is 0 Å². The van der Waals surface area contributed by atoms with Crippen molar-refractivity contribution in [2.45, 2.75) is 44.5 Å². The molecule has 16 heavy (non-hydrogen) atoms. The van der Waals surface area contributed by atoms with E-state index < -0.39 is 0 Å². The largest absolute Gasteiger partial charge is 0.393 e. The normalized spacial score (nSPS) is 25.6. The van der Waals surface area contributed by atoms with Gasteiger partial charge in [0.2, 0.25) is 0 Å². The van der Waals surface area contributed by atoms with Crippen LogP contribution in [0, 0.1) is 0 Å². The molecular weight excluding hydrogens is 270 g/mol. The van der Waals surface area contributed by atoms with E-state index in [0.29, 0.717) is 12.7 Å². The van der Waals surface area contributed by atoms with Gasteiger partial charge >= 0.3 is 0 Å². The average Bonchev–Trinajstić information content (AvgIpc) is 2.28. The molecule has 1 saturated carbocycles. The Balaban J connectivity index is 1.79. The fourth-order valence-corrected chi connectivity index (χ4v) is 2.37.